The highest BCUT2D eigenvalue weighted by molar-refractivity contribution is 8.00. The minimum atomic E-state index is -0.654. The number of amides is 2. The number of aliphatic hydroxyl groups is 1. The molecule has 9 heteroatoms. The first-order valence-corrected chi connectivity index (χ1v) is 12.8. The molecule has 0 radical (unpaired) electrons. The zero-order valence-electron chi connectivity index (χ0n) is 19.5. The average molecular weight is 493 g/mol. The van der Waals surface area contributed by atoms with Gasteiger partial charge in [0.2, 0.25) is 17.7 Å². The third-order valence-electron chi connectivity index (χ3n) is 6.81. The number of thioether (sulfide) groups is 1. The van der Waals surface area contributed by atoms with Gasteiger partial charge in [-0.05, 0) is 68.4 Å². The third kappa shape index (κ3) is 5.26. The predicted octanol–water partition coefficient (Wildman–Crippen LogP) is 4.55. The van der Waals surface area contributed by atoms with E-state index in [4.69, 9.17) is 4.74 Å². The van der Waals surface area contributed by atoms with E-state index in [2.05, 4.69) is 20.6 Å². The highest BCUT2D eigenvalue weighted by Crippen LogP contribution is 2.37. The molecule has 2 aromatic heterocycles. The van der Waals surface area contributed by atoms with Crippen LogP contribution in [0.3, 0.4) is 0 Å². The van der Waals surface area contributed by atoms with E-state index in [1.807, 2.05) is 30.3 Å². The number of benzene rings is 1. The van der Waals surface area contributed by atoms with E-state index in [0.717, 1.165) is 47.3 Å². The number of aliphatic hydroxyl groups excluding tert-OH is 1. The van der Waals surface area contributed by atoms with E-state index < -0.39 is 6.10 Å². The number of rotatable bonds is 6. The molecule has 1 unspecified atom stereocenters. The van der Waals surface area contributed by atoms with Crippen LogP contribution < -0.4 is 15.4 Å². The van der Waals surface area contributed by atoms with Crippen LogP contribution in [0, 0.1) is 11.8 Å². The van der Waals surface area contributed by atoms with Crippen molar-refractivity contribution in [3.05, 3.63) is 48.2 Å². The molecule has 3 aromatic rings. The van der Waals surface area contributed by atoms with Crippen LogP contribution in [0.15, 0.2) is 47.5 Å². The molecule has 182 valence electrons. The monoisotopic (exact) mass is 492 g/mol. The molecule has 1 aromatic carbocycles. The Morgan fingerprint density at radius 2 is 2.06 bits per heavy atom. The molecule has 5 rings (SSSR count). The fourth-order valence-corrected chi connectivity index (χ4v) is 5.71. The van der Waals surface area contributed by atoms with E-state index in [9.17, 15) is 14.7 Å². The lowest BCUT2D eigenvalue weighted by Gasteiger charge is -2.29. The Bertz CT molecular complexity index is 1260. The van der Waals surface area contributed by atoms with Crippen LogP contribution in [0.25, 0.3) is 11.0 Å². The Balaban J connectivity index is 1.17. The van der Waals surface area contributed by atoms with Crippen LogP contribution in [0.1, 0.15) is 43.8 Å². The summed E-state index contributed by atoms with van der Waals surface area (Å²) in [5, 5.41) is 16.9. The van der Waals surface area contributed by atoms with Crippen molar-refractivity contribution in [1.29, 1.82) is 0 Å². The fraction of sp³-hybridized carbons (Fsp3) is 0.385. The largest absolute Gasteiger partial charge is 0.481 e. The Kier molecular flexibility index (Phi) is 6.88. The summed E-state index contributed by atoms with van der Waals surface area (Å²) in [7, 11) is 1.57. The lowest BCUT2D eigenvalue weighted by molar-refractivity contribution is -0.121. The number of carbonyl (C=O) groups is 2. The maximum absolute atomic E-state index is 12.9. The number of carbonyl (C=O) groups excluding carboxylic acids is 2. The van der Waals surface area contributed by atoms with Crippen LogP contribution in [0.5, 0.6) is 5.88 Å². The van der Waals surface area contributed by atoms with Gasteiger partial charge in [0.25, 0.3) is 0 Å². The standard InChI is InChI=1S/C26H28N4O4S/c1-34-24-9-7-19-25(30-24)18(10-11-27-19)21(31)12-15-2-4-16(5-3-15)26(33)28-17-6-8-22-20(13-17)29-23(32)14-35-22/h6-11,13,15-16,21,31H,2-5,12,14H2,1H3,(H,28,33)(H,29,32)/t15-,16-,21?. The molecule has 1 atom stereocenters. The number of ether oxygens (including phenoxy) is 1. The molecule has 0 bridgehead atoms. The SMILES string of the molecule is COc1ccc2nccc(C(O)C[C@H]3CC[C@H](C(=O)Nc4ccc5c(c4)NC(=O)CS5)CC3)c2n1. The zero-order chi connectivity index (χ0) is 24.4. The molecule has 8 nitrogen and oxygen atoms in total. The van der Waals surface area contributed by atoms with E-state index in [1.165, 1.54) is 11.8 Å². The Hall–Kier alpha value is -3.17. The summed E-state index contributed by atoms with van der Waals surface area (Å²) in [6.45, 7) is 0. The van der Waals surface area contributed by atoms with Crippen molar-refractivity contribution in [1.82, 2.24) is 9.97 Å². The van der Waals surface area contributed by atoms with Crippen molar-refractivity contribution < 1.29 is 19.4 Å². The molecule has 1 fully saturated rings. The quantitative estimate of drug-likeness (QED) is 0.463. The highest BCUT2D eigenvalue weighted by atomic mass is 32.2. The van der Waals surface area contributed by atoms with Crippen molar-refractivity contribution in [3.63, 3.8) is 0 Å². The van der Waals surface area contributed by atoms with Gasteiger partial charge in [0.1, 0.15) is 0 Å². The number of fused-ring (bicyclic) bond motifs is 2. The summed E-state index contributed by atoms with van der Waals surface area (Å²) in [6, 6.07) is 11.1. The second-order valence-electron chi connectivity index (χ2n) is 9.13. The van der Waals surface area contributed by atoms with Gasteiger partial charge in [-0.25, -0.2) is 4.98 Å². The first-order chi connectivity index (χ1) is 17.0. The topological polar surface area (TPSA) is 113 Å². The van der Waals surface area contributed by atoms with Gasteiger partial charge in [0.05, 0.1) is 35.7 Å². The molecule has 2 amide bonds. The Morgan fingerprint density at radius 3 is 2.86 bits per heavy atom. The first kappa shape index (κ1) is 23.6. The van der Waals surface area contributed by atoms with E-state index in [1.54, 1.807) is 19.4 Å². The van der Waals surface area contributed by atoms with Crippen LogP contribution in [0.2, 0.25) is 0 Å². The Morgan fingerprint density at radius 1 is 1.23 bits per heavy atom. The summed E-state index contributed by atoms with van der Waals surface area (Å²) in [6.07, 6.45) is 4.99. The number of pyridine rings is 2. The van der Waals surface area contributed by atoms with Crippen LogP contribution >= 0.6 is 11.8 Å². The molecular formula is C26H28N4O4S. The highest BCUT2D eigenvalue weighted by Gasteiger charge is 2.29. The molecule has 35 heavy (non-hydrogen) atoms. The molecule has 1 aliphatic carbocycles. The zero-order valence-corrected chi connectivity index (χ0v) is 20.3. The van der Waals surface area contributed by atoms with Gasteiger partial charge in [-0.1, -0.05) is 0 Å². The Labute approximate surface area is 207 Å². The van der Waals surface area contributed by atoms with Crippen molar-refractivity contribution in [3.8, 4) is 5.88 Å². The minimum Gasteiger partial charge on any atom is -0.481 e. The second kappa shape index (κ2) is 10.2. The van der Waals surface area contributed by atoms with Gasteiger partial charge in [-0.2, -0.15) is 0 Å². The van der Waals surface area contributed by atoms with Crippen LogP contribution in [0.4, 0.5) is 11.4 Å². The van der Waals surface area contributed by atoms with Gasteiger partial charge in [-0.15, -0.1) is 11.8 Å². The molecule has 3 N–H and O–H groups in total. The van der Waals surface area contributed by atoms with E-state index >= 15 is 0 Å². The van der Waals surface area contributed by atoms with Gasteiger partial charge in [-0.3, -0.25) is 14.6 Å². The van der Waals surface area contributed by atoms with Crippen molar-refractivity contribution in [2.45, 2.75) is 43.1 Å². The first-order valence-electron chi connectivity index (χ1n) is 11.9. The molecule has 1 aliphatic heterocycles. The predicted molar refractivity (Wildman–Crippen MR) is 136 cm³/mol. The van der Waals surface area contributed by atoms with Crippen molar-refractivity contribution >= 4 is 46.0 Å². The maximum Gasteiger partial charge on any atom is 0.234 e. The number of hydrogen-bond acceptors (Lipinski definition) is 7. The second-order valence-corrected chi connectivity index (χ2v) is 10.1. The molecule has 0 spiro atoms. The van der Waals surface area contributed by atoms with Crippen molar-refractivity contribution in [2.75, 3.05) is 23.5 Å². The third-order valence-corrected chi connectivity index (χ3v) is 7.89. The lowest BCUT2D eigenvalue weighted by atomic mass is 9.78. The van der Waals surface area contributed by atoms with E-state index in [0.29, 0.717) is 35.2 Å². The van der Waals surface area contributed by atoms with Gasteiger partial charge >= 0.3 is 0 Å². The average Bonchev–Trinajstić information content (AvgIpc) is 2.88. The number of aromatic nitrogens is 2. The summed E-state index contributed by atoms with van der Waals surface area (Å²) >= 11 is 1.50. The molecule has 1 saturated carbocycles. The fourth-order valence-electron chi connectivity index (χ4n) is 4.92. The number of nitrogens with zero attached hydrogens (tertiary/aromatic N) is 2. The maximum atomic E-state index is 12.9. The molecule has 0 saturated heterocycles. The smallest absolute Gasteiger partial charge is 0.234 e. The van der Waals surface area contributed by atoms with E-state index in [-0.39, 0.29) is 17.7 Å². The molecule has 2 aliphatic rings. The molecular weight excluding hydrogens is 464 g/mol. The normalized spacial score (nSPS) is 20.6. The summed E-state index contributed by atoms with van der Waals surface area (Å²) in [4.78, 5) is 34.4. The summed E-state index contributed by atoms with van der Waals surface area (Å²) in [5.74, 6) is 1.16. The number of hydrogen-bond donors (Lipinski definition) is 3. The number of nitrogens with one attached hydrogen (secondary N) is 2. The van der Waals surface area contributed by atoms with Gasteiger partial charge < -0.3 is 20.5 Å². The number of methoxy groups -OCH3 is 1. The minimum absolute atomic E-state index is 0.00941. The number of anilines is 2. The summed E-state index contributed by atoms with van der Waals surface area (Å²) in [5.41, 5.74) is 3.58. The summed E-state index contributed by atoms with van der Waals surface area (Å²) < 4.78 is 5.24. The van der Waals surface area contributed by atoms with Gasteiger partial charge in [0, 0.05) is 34.3 Å². The van der Waals surface area contributed by atoms with Gasteiger partial charge in [0.15, 0.2) is 0 Å². The lowest BCUT2D eigenvalue weighted by Crippen LogP contribution is -2.28. The van der Waals surface area contributed by atoms with Crippen LogP contribution in [-0.4, -0.2) is 39.8 Å². The molecule has 3 heterocycles. The van der Waals surface area contributed by atoms with Crippen LogP contribution in [-0.2, 0) is 9.59 Å². The van der Waals surface area contributed by atoms with Crippen molar-refractivity contribution in [2.24, 2.45) is 11.8 Å².